The van der Waals surface area contributed by atoms with Crippen LogP contribution in [0.4, 0.5) is 0 Å². The maximum Gasteiger partial charge on any atom is 0.211 e. The SMILES string of the molecule is COc1cccc(OC)c1-n1c(C[C@@H](c2ncc(C)cn2)[C@@H](C)NS(=O)[O-])nnc1[C@@H]1CN(S(C)(=O)=O)CCO1. The van der Waals surface area contributed by atoms with E-state index in [0.717, 1.165) is 11.8 Å². The lowest BCUT2D eigenvalue weighted by Crippen LogP contribution is -2.42. The van der Waals surface area contributed by atoms with Crippen LogP contribution in [0.3, 0.4) is 0 Å². The predicted octanol–water partition coefficient (Wildman–Crippen LogP) is 0.814. The fourth-order valence-corrected chi connectivity index (χ4v) is 5.85. The van der Waals surface area contributed by atoms with E-state index >= 15 is 0 Å². The van der Waals surface area contributed by atoms with Crippen molar-refractivity contribution in [2.24, 2.45) is 0 Å². The van der Waals surface area contributed by atoms with Gasteiger partial charge in [0.05, 0.1) is 27.1 Å². The monoisotopic (exact) mass is 594 g/mol. The largest absolute Gasteiger partial charge is 0.760 e. The van der Waals surface area contributed by atoms with Crippen LogP contribution < -0.4 is 14.2 Å². The molecule has 1 unspecified atom stereocenters. The number of rotatable bonds is 11. The van der Waals surface area contributed by atoms with E-state index in [-0.39, 0.29) is 26.1 Å². The highest BCUT2D eigenvalue weighted by atomic mass is 32.2. The number of nitrogens with zero attached hydrogens (tertiary/aromatic N) is 6. The van der Waals surface area contributed by atoms with Crippen molar-refractivity contribution in [1.82, 2.24) is 33.8 Å². The number of aryl methyl sites for hydroxylation is 1. The number of ether oxygens (including phenoxy) is 3. The van der Waals surface area contributed by atoms with Gasteiger partial charge in [0.15, 0.2) is 5.82 Å². The van der Waals surface area contributed by atoms with Crippen LogP contribution in [0.2, 0.25) is 0 Å². The Morgan fingerprint density at radius 3 is 2.42 bits per heavy atom. The third-order valence-corrected chi connectivity index (χ3v) is 8.42. The van der Waals surface area contributed by atoms with Crippen LogP contribution in [-0.4, -0.2) is 92.4 Å². The summed E-state index contributed by atoms with van der Waals surface area (Å²) in [5.74, 6) is 1.52. The van der Waals surface area contributed by atoms with Crippen molar-refractivity contribution >= 4 is 21.3 Å². The van der Waals surface area contributed by atoms with Crippen molar-refractivity contribution < 1.29 is 31.4 Å². The van der Waals surface area contributed by atoms with Crippen LogP contribution >= 0.6 is 0 Å². The zero-order valence-corrected chi connectivity index (χ0v) is 24.4. The first-order valence-corrected chi connectivity index (χ1v) is 15.3. The number of aromatic nitrogens is 5. The van der Waals surface area contributed by atoms with Crippen LogP contribution in [0.25, 0.3) is 5.69 Å². The topological polar surface area (TPSA) is 174 Å². The van der Waals surface area contributed by atoms with Crippen molar-refractivity contribution in [3.05, 3.63) is 53.6 Å². The Labute approximate surface area is 235 Å². The first-order valence-electron chi connectivity index (χ1n) is 12.4. The normalized spacial score (nSPS) is 18.7. The van der Waals surface area contributed by atoms with E-state index in [1.807, 2.05) is 6.92 Å². The van der Waals surface area contributed by atoms with Crippen molar-refractivity contribution in [2.75, 3.05) is 40.2 Å². The van der Waals surface area contributed by atoms with Crippen molar-refractivity contribution in [3.63, 3.8) is 0 Å². The van der Waals surface area contributed by atoms with Crippen LogP contribution in [0.5, 0.6) is 11.5 Å². The fourth-order valence-electron chi connectivity index (χ4n) is 4.57. The van der Waals surface area contributed by atoms with Gasteiger partial charge in [-0.1, -0.05) is 6.07 Å². The average Bonchev–Trinajstić information content (AvgIpc) is 3.34. The molecule has 2 aromatic heterocycles. The van der Waals surface area contributed by atoms with E-state index in [4.69, 9.17) is 14.2 Å². The van der Waals surface area contributed by atoms with Crippen LogP contribution in [0, 0.1) is 6.92 Å². The molecule has 4 atom stereocenters. The van der Waals surface area contributed by atoms with Gasteiger partial charge in [-0.2, -0.15) is 4.31 Å². The van der Waals surface area contributed by atoms with E-state index in [1.165, 1.54) is 18.5 Å². The molecule has 16 heteroatoms. The summed E-state index contributed by atoms with van der Waals surface area (Å²) in [7, 11) is -0.448. The molecule has 0 aliphatic carbocycles. The van der Waals surface area contributed by atoms with Gasteiger partial charge in [-0.3, -0.25) is 8.78 Å². The van der Waals surface area contributed by atoms with E-state index in [0.29, 0.717) is 34.7 Å². The second-order valence-electron chi connectivity index (χ2n) is 9.37. The summed E-state index contributed by atoms with van der Waals surface area (Å²) in [6.45, 7) is 3.99. The van der Waals surface area contributed by atoms with Crippen LogP contribution in [-0.2, 0) is 32.4 Å². The minimum absolute atomic E-state index is 0.0338. The van der Waals surface area contributed by atoms with Gasteiger partial charge in [0.25, 0.3) is 0 Å². The molecule has 0 saturated carbocycles. The third-order valence-electron chi connectivity index (χ3n) is 6.59. The van der Waals surface area contributed by atoms with Gasteiger partial charge in [0, 0.05) is 55.1 Å². The lowest BCUT2D eigenvalue weighted by molar-refractivity contribution is -0.00838. The van der Waals surface area contributed by atoms with Crippen molar-refractivity contribution in [3.8, 4) is 17.2 Å². The molecule has 0 radical (unpaired) electrons. The molecular formula is C24H32N7O7S2-. The molecule has 0 bridgehead atoms. The zero-order chi connectivity index (χ0) is 29.0. The Kier molecular flexibility index (Phi) is 9.48. The molecule has 1 N–H and O–H groups in total. The fraction of sp³-hybridized carbons (Fsp3) is 0.500. The molecule has 3 heterocycles. The maximum atomic E-state index is 12.3. The van der Waals surface area contributed by atoms with Gasteiger partial charge < -0.3 is 18.8 Å². The minimum Gasteiger partial charge on any atom is -0.760 e. The van der Waals surface area contributed by atoms with Crippen LogP contribution in [0.1, 0.15) is 42.0 Å². The molecule has 14 nitrogen and oxygen atoms in total. The minimum atomic E-state index is -3.48. The summed E-state index contributed by atoms with van der Waals surface area (Å²) in [5, 5.41) is 8.90. The molecule has 218 valence electrons. The van der Waals surface area contributed by atoms with Gasteiger partial charge in [-0.05, 0) is 31.5 Å². The first-order chi connectivity index (χ1) is 19.0. The molecule has 0 spiro atoms. The Morgan fingerprint density at radius 2 is 1.85 bits per heavy atom. The quantitative estimate of drug-likeness (QED) is 0.311. The van der Waals surface area contributed by atoms with Crippen LogP contribution in [0.15, 0.2) is 30.6 Å². The number of benzene rings is 1. The molecule has 3 aromatic rings. The number of methoxy groups -OCH3 is 2. The number of sulfonamides is 1. The summed E-state index contributed by atoms with van der Waals surface area (Å²) in [6, 6.07) is 4.66. The van der Waals surface area contributed by atoms with Gasteiger partial charge >= 0.3 is 0 Å². The smallest absolute Gasteiger partial charge is 0.211 e. The summed E-state index contributed by atoms with van der Waals surface area (Å²) in [5.41, 5.74) is 1.34. The highest BCUT2D eigenvalue weighted by Gasteiger charge is 2.35. The number of hydrogen-bond acceptors (Lipinski definition) is 11. The van der Waals surface area contributed by atoms with Gasteiger partial charge in [0.1, 0.15) is 34.9 Å². The Bertz CT molecular complexity index is 1430. The molecular weight excluding hydrogens is 562 g/mol. The number of hydrogen-bond donors (Lipinski definition) is 1. The van der Waals surface area contributed by atoms with E-state index < -0.39 is 39.4 Å². The van der Waals surface area contributed by atoms with Gasteiger partial charge in [-0.25, -0.2) is 23.1 Å². The highest BCUT2D eigenvalue weighted by Crippen LogP contribution is 2.37. The number of para-hydroxylation sites is 1. The number of nitrogens with one attached hydrogen (secondary N) is 1. The summed E-state index contributed by atoms with van der Waals surface area (Å²) >= 11 is -2.54. The maximum absolute atomic E-state index is 12.3. The zero-order valence-electron chi connectivity index (χ0n) is 22.8. The Hall–Kier alpha value is -3.02. The third kappa shape index (κ3) is 6.64. The summed E-state index contributed by atoms with van der Waals surface area (Å²) < 4.78 is 70.6. The van der Waals surface area contributed by atoms with E-state index in [9.17, 15) is 17.2 Å². The molecule has 1 aromatic carbocycles. The van der Waals surface area contributed by atoms with Crippen molar-refractivity contribution in [1.29, 1.82) is 0 Å². The Morgan fingerprint density at radius 1 is 1.20 bits per heavy atom. The molecule has 1 saturated heterocycles. The average molecular weight is 595 g/mol. The van der Waals surface area contributed by atoms with Gasteiger partial charge in [0.2, 0.25) is 10.0 Å². The molecule has 1 aliphatic rings. The molecule has 0 amide bonds. The lowest BCUT2D eigenvalue weighted by Gasteiger charge is -2.31. The summed E-state index contributed by atoms with van der Waals surface area (Å²) in [6.07, 6.45) is 3.87. The molecule has 1 aliphatic heterocycles. The molecule has 1 fully saturated rings. The van der Waals surface area contributed by atoms with Crippen molar-refractivity contribution in [2.45, 2.75) is 38.3 Å². The highest BCUT2D eigenvalue weighted by molar-refractivity contribution is 7.88. The van der Waals surface area contributed by atoms with E-state index in [2.05, 4.69) is 24.9 Å². The van der Waals surface area contributed by atoms with E-state index in [1.54, 1.807) is 42.1 Å². The molecule has 40 heavy (non-hydrogen) atoms. The standard InChI is InChI=1S/C24H33N7O7S2/c1-15-12-25-23(26-13-15)17(16(2)29-39(32)33)11-21-27-28-24(20-14-30(9-10-38-20)40(5,34)35)31(21)22-18(36-3)7-6-8-19(22)37-4/h6-8,12-13,16-17,20,29H,9-11,14H2,1-5H3,(H,32,33)/p-1/t16-,17-,20+/m1/s1. The number of morpholine rings is 1. The second kappa shape index (κ2) is 12.7. The molecule has 4 rings (SSSR count). The lowest BCUT2D eigenvalue weighted by atomic mass is 9.96. The first kappa shape index (κ1) is 30.0. The summed E-state index contributed by atoms with van der Waals surface area (Å²) in [4.78, 5) is 8.90. The van der Waals surface area contributed by atoms with Gasteiger partial charge in [-0.15, -0.1) is 10.2 Å². The second-order valence-corrected chi connectivity index (χ2v) is 12.1. The Balaban J connectivity index is 1.87. The predicted molar refractivity (Wildman–Crippen MR) is 144 cm³/mol.